The van der Waals surface area contributed by atoms with Crippen LogP contribution in [0.2, 0.25) is 10.0 Å². The van der Waals surface area contributed by atoms with E-state index in [1.807, 2.05) is 13.8 Å². The van der Waals surface area contributed by atoms with Gasteiger partial charge in [-0.15, -0.1) is 0 Å². The summed E-state index contributed by atoms with van der Waals surface area (Å²) in [5.41, 5.74) is 1.56. The van der Waals surface area contributed by atoms with Crippen LogP contribution >= 0.6 is 23.2 Å². The number of amides is 7. The van der Waals surface area contributed by atoms with Gasteiger partial charge in [-0.25, -0.2) is 4.79 Å². The number of phenolic OH excluding ortho intramolecular Hbond substituents is 3. The van der Waals surface area contributed by atoms with E-state index in [9.17, 15) is 75.0 Å². The monoisotopic (exact) mass is 1460 g/mol. The Morgan fingerprint density at radius 2 is 1.34 bits per heavy atom. The number of hydrogen-bond donors (Lipinski definition) is 18. The van der Waals surface area contributed by atoms with Crippen molar-refractivity contribution in [2.45, 2.75) is 156 Å². The number of fused-ring (bicyclic) bond motifs is 15. The van der Waals surface area contributed by atoms with Gasteiger partial charge in [0.15, 0.2) is 29.9 Å². The molecule has 0 aliphatic carbocycles. The zero-order valence-corrected chi connectivity index (χ0v) is 56.4. The summed E-state index contributed by atoms with van der Waals surface area (Å²) in [6.07, 6.45) is -18.6. The predicted molar refractivity (Wildman–Crippen MR) is 354 cm³/mol. The summed E-state index contributed by atoms with van der Waals surface area (Å²) in [4.78, 5) is 117. The van der Waals surface area contributed by atoms with Gasteiger partial charge in [0.25, 0.3) is 0 Å². The lowest BCUT2D eigenvalue weighted by Crippen LogP contribution is -2.63. The Hall–Kier alpha value is -9.33. The highest BCUT2D eigenvalue weighted by atomic mass is 35.5. The molecule has 35 heteroatoms. The van der Waals surface area contributed by atoms with E-state index in [0.717, 1.165) is 66.7 Å². The minimum absolute atomic E-state index is 0.0986. The molecule has 5 aromatic rings. The lowest BCUT2D eigenvalue weighted by Gasteiger charge is -2.51. The van der Waals surface area contributed by atoms with Crippen LogP contribution in [-0.4, -0.2) is 191 Å². The number of carbonyl (C=O) groups excluding carboxylic acids is 7. The molecule has 102 heavy (non-hydrogen) atoms. The topological polar surface area (TPSA) is 519 Å². The molecular formula is C67H75Cl2N9O24. The molecule has 18 atom stereocenters. The summed E-state index contributed by atoms with van der Waals surface area (Å²) in [6.45, 7) is 5.72. The number of hydrogen-bond acceptors (Lipinski definition) is 24. The second-order valence-electron chi connectivity index (χ2n) is 25.7. The van der Waals surface area contributed by atoms with E-state index in [1.165, 1.54) is 26.1 Å². The van der Waals surface area contributed by atoms with Crippen LogP contribution in [-0.2, 0) is 52.6 Å². The number of nitrogens with two attached hydrogens (primary N) is 1. The normalized spacial score (nSPS) is 29.3. The van der Waals surface area contributed by atoms with Crippen LogP contribution in [0, 0.1) is 13.0 Å². The Labute approximate surface area is 590 Å². The van der Waals surface area contributed by atoms with Crippen molar-refractivity contribution in [1.29, 1.82) is 0 Å². The number of carbonyl (C=O) groups is 8. The van der Waals surface area contributed by atoms with Gasteiger partial charge in [-0.05, 0) is 117 Å². The van der Waals surface area contributed by atoms with Crippen LogP contribution in [0.4, 0.5) is 0 Å². The minimum atomic E-state index is -2.35. The number of nitrogens with one attached hydrogen (secondary N) is 7. The molecular weight excluding hydrogens is 1390 g/mol. The molecule has 12 rings (SSSR count). The van der Waals surface area contributed by atoms with Gasteiger partial charge in [-0.2, -0.15) is 0 Å². The smallest absolute Gasteiger partial charge is 0.330 e. The van der Waals surface area contributed by atoms with Crippen LogP contribution in [0.25, 0.3) is 16.4 Å². The number of nitrogens with zero attached hydrogens (tertiary/aromatic N) is 1. The van der Waals surface area contributed by atoms with Gasteiger partial charge in [-0.3, -0.25) is 33.6 Å². The molecule has 2 fully saturated rings. The van der Waals surface area contributed by atoms with Crippen molar-refractivity contribution in [3.8, 4) is 57.1 Å². The van der Waals surface area contributed by atoms with Crippen molar-refractivity contribution in [2.75, 3.05) is 13.7 Å². The average molecular weight is 1460 g/mol. The van der Waals surface area contributed by atoms with Gasteiger partial charge < -0.3 is 128 Å². The van der Waals surface area contributed by atoms with E-state index < -0.39 is 237 Å². The number of primary amides is 1. The van der Waals surface area contributed by atoms with Gasteiger partial charge in [0.1, 0.15) is 89.5 Å². The molecule has 1 unspecified atom stereocenters. The van der Waals surface area contributed by atoms with E-state index in [2.05, 4.69) is 49.6 Å². The Morgan fingerprint density at radius 3 is 1.93 bits per heavy atom. The first-order valence-corrected chi connectivity index (χ1v) is 32.6. The molecule has 2 saturated heterocycles. The molecule has 5 aromatic carbocycles. The highest BCUT2D eigenvalue weighted by Gasteiger charge is 2.51. The van der Waals surface area contributed by atoms with Crippen LogP contribution in [0.3, 0.4) is 0 Å². The number of aliphatic hydroxyl groups is 6. The molecule has 0 spiro atoms. The number of halogens is 2. The third-order valence-corrected chi connectivity index (χ3v) is 18.7. The summed E-state index contributed by atoms with van der Waals surface area (Å²) < 4.78 is 38.5. The molecule has 0 saturated carbocycles. The van der Waals surface area contributed by atoms with Gasteiger partial charge >= 0.3 is 5.97 Å². The average Bonchev–Trinajstić information content (AvgIpc) is 0.768. The van der Waals surface area contributed by atoms with E-state index >= 15 is 14.4 Å². The number of rotatable bonds is 14. The largest absolute Gasteiger partial charge is 0.508 e. The van der Waals surface area contributed by atoms with Crippen molar-refractivity contribution in [3.63, 3.8) is 0 Å². The Kier molecular flexibility index (Phi) is 22.7. The molecule has 0 radical (unpaired) electrons. The fourth-order valence-electron chi connectivity index (χ4n) is 12.6. The van der Waals surface area contributed by atoms with Crippen molar-refractivity contribution >= 4 is 70.5 Å². The van der Waals surface area contributed by atoms with Gasteiger partial charge in [0.05, 0.1) is 41.3 Å². The molecule has 7 aliphatic heterocycles. The van der Waals surface area contributed by atoms with Crippen LogP contribution in [0.15, 0.2) is 78.9 Å². The summed E-state index contributed by atoms with van der Waals surface area (Å²) in [5.74, 6) is -16.0. The summed E-state index contributed by atoms with van der Waals surface area (Å²) >= 11 is 14.1. The number of aliphatic carboxylic acids is 1. The van der Waals surface area contributed by atoms with E-state index in [-0.39, 0.29) is 46.2 Å². The highest BCUT2D eigenvalue weighted by molar-refractivity contribution is 6.32. The van der Waals surface area contributed by atoms with Crippen molar-refractivity contribution in [2.24, 2.45) is 11.7 Å². The predicted octanol–water partition coefficient (Wildman–Crippen LogP) is 1.31. The summed E-state index contributed by atoms with van der Waals surface area (Å²) in [6, 6.07) is -0.683. The third-order valence-electron chi connectivity index (χ3n) is 18.1. The number of likely N-dealkylation sites (N-methyl/N-ethyl adjacent to an activating group) is 1. The molecule has 7 amide bonds. The van der Waals surface area contributed by atoms with Crippen LogP contribution in [0.5, 0.6) is 46.0 Å². The molecule has 19 N–H and O–H groups in total. The maximum Gasteiger partial charge on any atom is 0.330 e. The number of ether oxygens (including phenoxy) is 6. The van der Waals surface area contributed by atoms with Gasteiger partial charge in [-0.1, -0.05) is 67.7 Å². The highest BCUT2D eigenvalue weighted by Crippen LogP contribution is 2.50. The molecule has 7 aliphatic rings. The lowest BCUT2D eigenvalue weighted by molar-refractivity contribution is -0.332. The second-order valence-corrected chi connectivity index (χ2v) is 26.5. The summed E-state index contributed by atoms with van der Waals surface area (Å²) in [5, 5.41) is 135. The Balaban J connectivity index is 1.24. The van der Waals surface area contributed by atoms with Crippen molar-refractivity contribution < 1.29 is 118 Å². The molecule has 546 valence electrons. The zero-order valence-electron chi connectivity index (χ0n) is 54.9. The van der Waals surface area contributed by atoms with E-state index in [1.54, 1.807) is 6.92 Å². The fraction of sp³-hybridized carbons (Fsp3) is 0.418. The standard InChI is InChI=1S/C67H75Cl2N9O24/c1-24(2)13-35(71-5)59(89)77-50-52(84)27-8-11-39(33(68)15-27)98-41-17-29-18-42(56(41)102-66-57(55(87)54(86)43(23-79)100-66)101-45-22-67(4,72-6)58(88)25(3)97-45)99-40-12-9-28(16-34(40)69)53(85)51-64(94)76-49(65(95)96)32-19-30(80)20-38(82)46(32)31-14-26(7-10-37(31)81)47(61(91)78-51)75-62(92)48(29)74-60(90)36(21-44(70)83)73-63(50)93/h7-12,14-20,24-25,35-36,43,45,47-55,57-58,66,71,79-82,84-88H,6,13,21-23H2,1-5H3,(H2,70,83)(H,73,93)(H,74,90)(H,75,92)(H,76,94)(H,77,89)(H,78,91)(H,95,96)/t25-,35+,36-,43+,45-,47+,48+,49-,50?,51-,52+,53+,54+,55-,57+,58+,66-,67-/m0/s1. The Morgan fingerprint density at radius 1 is 0.735 bits per heavy atom. The first-order valence-electron chi connectivity index (χ1n) is 31.9. The third kappa shape index (κ3) is 15.7. The number of carboxylic acids is 1. The Bertz CT molecular complexity index is 4100. The number of benzene rings is 5. The first kappa shape index (κ1) is 75.3. The fourth-order valence-corrected chi connectivity index (χ4v) is 13.1. The number of aliphatic hydroxyl groups excluding tert-OH is 6. The van der Waals surface area contributed by atoms with E-state index in [0.29, 0.717) is 0 Å². The zero-order chi connectivity index (χ0) is 74.2. The lowest BCUT2D eigenvalue weighted by atomic mass is 9.85. The second kappa shape index (κ2) is 30.7. The minimum Gasteiger partial charge on any atom is -0.508 e. The van der Waals surface area contributed by atoms with Gasteiger partial charge in [0.2, 0.25) is 53.4 Å². The van der Waals surface area contributed by atoms with Crippen LogP contribution < -0.4 is 57.2 Å². The SMILES string of the molecule is [CH2+][N-][C@@]1(C)C[C@H](O[C@H]2[C@H](Oc3c4cc5cc3Oc3ccc(cc3Cl)[C@@H](O)[C@@H]3NC(=O)[C@H](NC(=O)[C@@H]5NC(=O)[C@H](CC(N)=O)NC(=O)C(NC(=O)[C@@H](CC(C)C)NC)[C@H](O)c5ccc(c(Cl)c5)O4)c4ccc(O)c(c4)-c4c(O)cc(O)cc4[C@@H](C(=O)O)NC3=O)O[C@H](CO)[C@@H](O)[C@@H]2O)O[C@@H](C)[C@H]1O. The molecule has 33 nitrogen and oxygen atoms in total. The molecule has 7 heterocycles. The molecule has 11 bridgehead atoms. The summed E-state index contributed by atoms with van der Waals surface area (Å²) in [7, 11) is 5.10. The van der Waals surface area contributed by atoms with Crippen molar-refractivity contribution in [3.05, 3.63) is 129 Å². The van der Waals surface area contributed by atoms with Crippen molar-refractivity contribution in [1.82, 2.24) is 37.2 Å². The van der Waals surface area contributed by atoms with E-state index in [4.69, 9.17) is 57.4 Å². The first-order chi connectivity index (χ1) is 48.2. The van der Waals surface area contributed by atoms with Crippen LogP contribution in [0.1, 0.15) is 105 Å². The maximum atomic E-state index is 16.0. The number of carboxylic acid groups (broad SMARTS) is 1. The van der Waals surface area contributed by atoms with Gasteiger partial charge in [0, 0.05) is 22.8 Å². The molecule has 0 aromatic heterocycles. The maximum absolute atomic E-state index is 16.0. The number of phenols is 3. The number of aromatic hydroxyl groups is 3. The quantitative estimate of drug-likeness (QED) is 0.0697.